The lowest BCUT2D eigenvalue weighted by atomic mass is 10.1. The van der Waals surface area contributed by atoms with Crippen LogP contribution in [0.25, 0.3) is 0 Å². The topological polar surface area (TPSA) is 64.2 Å². The van der Waals surface area contributed by atoms with Crippen molar-refractivity contribution in [3.63, 3.8) is 0 Å². The summed E-state index contributed by atoms with van der Waals surface area (Å²) in [5.41, 5.74) is 6.80. The Hall–Kier alpha value is -1.36. The van der Waals surface area contributed by atoms with Crippen molar-refractivity contribution in [1.29, 1.82) is 0 Å². The van der Waals surface area contributed by atoms with Gasteiger partial charge in [-0.2, -0.15) is 0 Å². The van der Waals surface area contributed by atoms with Gasteiger partial charge >= 0.3 is 0 Å². The molecule has 18 heavy (non-hydrogen) atoms. The molecule has 2 atom stereocenters. The lowest BCUT2D eigenvalue weighted by Gasteiger charge is -2.30. The first-order chi connectivity index (χ1) is 8.61. The van der Waals surface area contributed by atoms with Crippen molar-refractivity contribution < 1.29 is 4.79 Å². The normalized spacial score (nSPS) is 19.6. The Morgan fingerprint density at radius 2 is 2.00 bits per heavy atom. The predicted molar refractivity (Wildman–Crippen MR) is 70.0 cm³/mol. The van der Waals surface area contributed by atoms with E-state index in [1.807, 2.05) is 23.3 Å². The van der Waals surface area contributed by atoms with E-state index in [-0.39, 0.29) is 18.0 Å². The van der Waals surface area contributed by atoms with E-state index >= 15 is 0 Å². The minimum Gasteiger partial charge on any atom is -0.341 e. The van der Waals surface area contributed by atoms with Crippen LogP contribution in [0.3, 0.4) is 0 Å². The SMILES string of the molecule is CC(C(=O)N1CCCCC1)n1cncc1[C@H](C)N. The number of imidazole rings is 1. The summed E-state index contributed by atoms with van der Waals surface area (Å²) in [6, 6.07) is -0.323. The van der Waals surface area contributed by atoms with Gasteiger partial charge in [0.25, 0.3) is 0 Å². The van der Waals surface area contributed by atoms with Crippen LogP contribution in [0.4, 0.5) is 0 Å². The molecular weight excluding hydrogens is 228 g/mol. The Labute approximate surface area is 108 Å². The summed E-state index contributed by atoms with van der Waals surface area (Å²) < 4.78 is 1.89. The van der Waals surface area contributed by atoms with E-state index in [9.17, 15) is 4.79 Å². The third kappa shape index (κ3) is 2.56. The number of carbonyl (C=O) groups is 1. The molecule has 0 radical (unpaired) electrons. The largest absolute Gasteiger partial charge is 0.341 e. The molecule has 1 saturated heterocycles. The van der Waals surface area contributed by atoms with Gasteiger partial charge in [-0.15, -0.1) is 0 Å². The molecule has 1 aliphatic heterocycles. The molecule has 0 aromatic carbocycles. The number of aromatic nitrogens is 2. The maximum atomic E-state index is 12.4. The van der Waals surface area contributed by atoms with E-state index < -0.39 is 0 Å². The molecule has 5 heteroatoms. The zero-order chi connectivity index (χ0) is 13.1. The number of nitrogens with zero attached hydrogens (tertiary/aromatic N) is 3. The quantitative estimate of drug-likeness (QED) is 0.883. The second kappa shape index (κ2) is 5.52. The second-order valence-corrected chi connectivity index (χ2v) is 5.08. The number of carbonyl (C=O) groups excluding carboxylic acids is 1. The highest BCUT2D eigenvalue weighted by molar-refractivity contribution is 5.80. The van der Waals surface area contributed by atoms with E-state index in [2.05, 4.69) is 4.98 Å². The number of rotatable bonds is 3. The fourth-order valence-corrected chi connectivity index (χ4v) is 2.49. The fraction of sp³-hybridized carbons (Fsp3) is 0.692. The molecule has 2 N–H and O–H groups in total. The number of piperidine rings is 1. The summed E-state index contributed by atoms with van der Waals surface area (Å²) in [7, 11) is 0. The van der Waals surface area contributed by atoms with Gasteiger partial charge in [0.05, 0.1) is 12.0 Å². The summed E-state index contributed by atoms with van der Waals surface area (Å²) in [5.74, 6) is 0.176. The molecule has 1 aromatic rings. The van der Waals surface area contributed by atoms with Crippen LogP contribution >= 0.6 is 0 Å². The Morgan fingerprint density at radius 1 is 1.33 bits per heavy atom. The molecule has 5 nitrogen and oxygen atoms in total. The van der Waals surface area contributed by atoms with Crippen LogP contribution in [-0.2, 0) is 4.79 Å². The van der Waals surface area contributed by atoms with E-state index in [0.29, 0.717) is 0 Å². The fourth-order valence-electron chi connectivity index (χ4n) is 2.49. The first kappa shape index (κ1) is 13.1. The Kier molecular flexibility index (Phi) is 4.01. The molecule has 1 unspecified atom stereocenters. The van der Waals surface area contributed by atoms with Crippen LogP contribution in [0.2, 0.25) is 0 Å². The molecule has 1 aromatic heterocycles. The summed E-state index contributed by atoms with van der Waals surface area (Å²) in [5, 5.41) is 0. The summed E-state index contributed by atoms with van der Waals surface area (Å²) >= 11 is 0. The van der Waals surface area contributed by atoms with Crippen molar-refractivity contribution in [2.45, 2.75) is 45.2 Å². The maximum Gasteiger partial charge on any atom is 0.245 e. The van der Waals surface area contributed by atoms with Crippen molar-refractivity contribution in [2.24, 2.45) is 5.73 Å². The lowest BCUT2D eigenvalue weighted by molar-refractivity contribution is -0.135. The number of hydrogen-bond acceptors (Lipinski definition) is 3. The molecule has 100 valence electrons. The standard InChI is InChI=1S/C13H22N4O/c1-10(14)12-8-15-9-17(12)11(2)13(18)16-6-4-3-5-7-16/h8-11H,3-7,14H2,1-2H3/t10-,11?/m0/s1. The van der Waals surface area contributed by atoms with Gasteiger partial charge in [-0.25, -0.2) is 4.98 Å². The molecule has 0 spiro atoms. The lowest BCUT2D eigenvalue weighted by Crippen LogP contribution is -2.40. The van der Waals surface area contributed by atoms with Gasteiger partial charge in [-0.05, 0) is 33.1 Å². The minimum absolute atomic E-state index is 0.107. The zero-order valence-corrected chi connectivity index (χ0v) is 11.2. The molecule has 1 aliphatic rings. The number of amides is 1. The molecule has 0 saturated carbocycles. The van der Waals surface area contributed by atoms with E-state index in [1.54, 1.807) is 12.5 Å². The van der Waals surface area contributed by atoms with Crippen LogP contribution in [0.1, 0.15) is 50.9 Å². The highest BCUT2D eigenvalue weighted by Gasteiger charge is 2.25. The van der Waals surface area contributed by atoms with Gasteiger partial charge in [0.15, 0.2) is 0 Å². The zero-order valence-electron chi connectivity index (χ0n) is 11.2. The van der Waals surface area contributed by atoms with Crippen molar-refractivity contribution >= 4 is 5.91 Å². The molecular formula is C13H22N4O. The van der Waals surface area contributed by atoms with Gasteiger partial charge in [-0.1, -0.05) is 0 Å². The molecule has 1 fully saturated rings. The monoisotopic (exact) mass is 250 g/mol. The van der Waals surface area contributed by atoms with Crippen LogP contribution in [0, 0.1) is 0 Å². The summed E-state index contributed by atoms with van der Waals surface area (Å²) in [4.78, 5) is 18.5. The number of hydrogen-bond donors (Lipinski definition) is 1. The molecule has 0 aliphatic carbocycles. The first-order valence-corrected chi connectivity index (χ1v) is 6.67. The number of nitrogens with two attached hydrogens (primary N) is 1. The molecule has 2 rings (SSSR count). The van der Waals surface area contributed by atoms with Crippen LogP contribution in [0.5, 0.6) is 0 Å². The van der Waals surface area contributed by atoms with Gasteiger partial charge in [0.2, 0.25) is 5.91 Å². The minimum atomic E-state index is -0.216. The average molecular weight is 250 g/mol. The summed E-state index contributed by atoms with van der Waals surface area (Å²) in [6.45, 7) is 5.59. The van der Waals surface area contributed by atoms with Crippen LogP contribution in [0.15, 0.2) is 12.5 Å². The Balaban J connectivity index is 2.12. The Bertz CT molecular complexity index is 407. The Morgan fingerprint density at radius 3 is 2.61 bits per heavy atom. The van der Waals surface area contributed by atoms with Crippen LogP contribution < -0.4 is 5.73 Å². The third-order valence-corrected chi connectivity index (χ3v) is 3.60. The number of likely N-dealkylation sites (tertiary alicyclic amines) is 1. The molecule has 2 heterocycles. The smallest absolute Gasteiger partial charge is 0.245 e. The van der Waals surface area contributed by atoms with Crippen LogP contribution in [-0.4, -0.2) is 33.4 Å². The highest BCUT2D eigenvalue weighted by Crippen LogP contribution is 2.19. The highest BCUT2D eigenvalue weighted by atomic mass is 16.2. The second-order valence-electron chi connectivity index (χ2n) is 5.08. The molecule has 1 amide bonds. The van der Waals surface area contributed by atoms with Gasteiger partial charge in [-0.3, -0.25) is 4.79 Å². The average Bonchev–Trinajstić information content (AvgIpc) is 2.87. The van der Waals surface area contributed by atoms with Gasteiger partial charge in [0.1, 0.15) is 6.04 Å². The van der Waals surface area contributed by atoms with E-state index in [0.717, 1.165) is 31.6 Å². The van der Waals surface area contributed by atoms with Crippen molar-refractivity contribution in [2.75, 3.05) is 13.1 Å². The van der Waals surface area contributed by atoms with E-state index in [4.69, 9.17) is 5.73 Å². The van der Waals surface area contributed by atoms with Crippen molar-refractivity contribution in [1.82, 2.24) is 14.5 Å². The summed E-state index contributed by atoms with van der Waals surface area (Å²) in [6.07, 6.45) is 6.90. The van der Waals surface area contributed by atoms with Crippen molar-refractivity contribution in [3.05, 3.63) is 18.2 Å². The van der Waals surface area contributed by atoms with Gasteiger partial charge < -0.3 is 15.2 Å². The maximum absolute atomic E-state index is 12.4. The predicted octanol–water partition coefficient (Wildman–Crippen LogP) is 1.48. The third-order valence-electron chi connectivity index (χ3n) is 3.60. The first-order valence-electron chi connectivity index (χ1n) is 6.67. The molecule has 0 bridgehead atoms. The van der Waals surface area contributed by atoms with E-state index in [1.165, 1.54) is 6.42 Å². The van der Waals surface area contributed by atoms with Crippen molar-refractivity contribution in [3.8, 4) is 0 Å². The van der Waals surface area contributed by atoms with Gasteiger partial charge in [0, 0.05) is 25.3 Å².